The number of carbonyl (C=O) groups is 1. The van der Waals surface area contributed by atoms with Crippen LogP contribution in [-0.4, -0.2) is 62.6 Å². The molecule has 2 aliphatic carbocycles. The van der Waals surface area contributed by atoms with E-state index in [9.17, 15) is 14.7 Å². The van der Waals surface area contributed by atoms with E-state index >= 15 is 0 Å². The van der Waals surface area contributed by atoms with Crippen LogP contribution in [0.5, 0.6) is 0 Å². The van der Waals surface area contributed by atoms with Crippen molar-refractivity contribution in [3.8, 4) is 0 Å². The highest BCUT2D eigenvalue weighted by molar-refractivity contribution is 6.00. The van der Waals surface area contributed by atoms with E-state index in [1.807, 2.05) is 6.07 Å². The number of rotatable bonds is 7. The first-order valence-electron chi connectivity index (χ1n) is 11.1. The van der Waals surface area contributed by atoms with E-state index in [0.29, 0.717) is 29.4 Å². The van der Waals surface area contributed by atoms with Crippen molar-refractivity contribution >= 4 is 28.9 Å². The number of pyridine rings is 1. The number of methoxy groups -OCH3 is 1. The van der Waals surface area contributed by atoms with Crippen molar-refractivity contribution in [1.82, 2.24) is 24.5 Å². The Labute approximate surface area is 189 Å². The summed E-state index contributed by atoms with van der Waals surface area (Å²) in [6.07, 6.45) is 5.96. The number of carbonyl (C=O) groups excluding carboxylic acids is 1. The third-order valence-corrected chi connectivity index (χ3v) is 6.60. The number of anilines is 3. The zero-order valence-corrected chi connectivity index (χ0v) is 18.5. The molecule has 3 heterocycles. The number of aliphatic hydroxyl groups excluding tert-OH is 1. The molecule has 0 spiro atoms. The summed E-state index contributed by atoms with van der Waals surface area (Å²) in [4.78, 5) is 30.5. The van der Waals surface area contributed by atoms with Gasteiger partial charge in [-0.2, -0.15) is 9.61 Å². The average Bonchev–Trinajstić information content (AvgIpc) is 3.22. The highest BCUT2D eigenvalue weighted by atomic mass is 16.5. The van der Waals surface area contributed by atoms with Gasteiger partial charge in [-0.15, -0.1) is 0 Å². The lowest BCUT2D eigenvalue weighted by Gasteiger charge is -2.36. The molecule has 1 unspecified atom stereocenters. The monoisotopic (exact) mass is 453 g/mol. The molecular weight excluding hydrogens is 426 g/mol. The predicted molar refractivity (Wildman–Crippen MR) is 122 cm³/mol. The molecule has 2 saturated carbocycles. The summed E-state index contributed by atoms with van der Waals surface area (Å²) in [5, 5.41) is 23.0. The van der Waals surface area contributed by atoms with Crippen LogP contribution < -0.4 is 21.5 Å². The highest BCUT2D eigenvalue weighted by Crippen LogP contribution is 2.33. The van der Waals surface area contributed by atoms with Crippen LogP contribution in [0.4, 0.5) is 17.3 Å². The SMILES string of the molecule is CNc1cc(Nc2cccn([C@H]3CC[C@@H]3OC)c2=O)nc2c(C(=O)N[C@H]3CCC3O)cnn12. The Morgan fingerprint density at radius 2 is 2.12 bits per heavy atom. The van der Waals surface area contributed by atoms with Crippen LogP contribution in [-0.2, 0) is 4.74 Å². The van der Waals surface area contributed by atoms with Crippen molar-refractivity contribution in [3.63, 3.8) is 0 Å². The summed E-state index contributed by atoms with van der Waals surface area (Å²) < 4.78 is 8.67. The molecule has 0 aliphatic heterocycles. The van der Waals surface area contributed by atoms with Gasteiger partial charge in [0, 0.05) is 26.4 Å². The lowest BCUT2D eigenvalue weighted by atomic mass is 9.88. The Hall–Kier alpha value is -3.44. The van der Waals surface area contributed by atoms with Gasteiger partial charge in [-0.05, 0) is 37.8 Å². The Kier molecular flexibility index (Phi) is 5.51. The van der Waals surface area contributed by atoms with Crippen molar-refractivity contribution in [2.45, 2.75) is 50.0 Å². The molecule has 11 nitrogen and oxygen atoms in total. The van der Waals surface area contributed by atoms with Gasteiger partial charge in [-0.1, -0.05) is 0 Å². The van der Waals surface area contributed by atoms with Gasteiger partial charge in [0.15, 0.2) is 5.65 Å². The zero-order chi connectivity index (χ0) is 23.1. The van der Waals surface area contributed by atoms with E-state index < -0.39 is 6.10 Å². The number of nitrogens with zero attached hydrogens (tertiary/aromatic N) is 4. The fraction of sp³-hybridized carbons (Fsp3) is 0.455. The minimum Gasteiger partial charge on any atom is -0.391 e. The molecule has 2 fully saturated rings. The number of fused-ring (bicyclic) bond motifs is 1. The first-order valence-corrected chi connectivity index (χ1v) is 11.1. The third-order valence-electron chi connectivity index (χ3n) is 6.60. The molecule has 5 rings (SSSR count). The molecule has 0 aromatic carbocycles. The lowest BCUT2D eigenvalue weighted by molar-refractivity contribution is -0.0103. The van der Waals surface area contributed by atoms with Crippen LogP contribution >= 0.6 is 0 Å². The van der Waals surface area contributed by atoms with Crippen LogP contribution in [0.25, 0.3) is 5.65 Å². The Bertz CT molecular complexity index is 1250. The highest BCUT2D eigenvalue weighted by Gasteiger charge is 2.33. The summed E-state index contributed by atoms with van der Waals surface area (Å²) in [6.45, 7) is 0. The standard InChI is InChI=1S/C22H27N7O4/c1-23-19-10-18(25-14-4-3-9-28(22(14)32)15-6-8-17(15)33-2)27-20-12(11-24-29(19)20)21(31)26-13-5-7-16(13)30/h3-4,9-11,13,15-17,23,30H,5-8H2,1-2H3,(H,25,27)(H,26,31)/t13-,15-,16?,17-/m0/s1. The lowest BCUT2D eigenvalue weighted by Crippen LogP contribution is -2.50. The zero-order valence-electron chi connectivity index (χ0n) is 18.5. The number of hydrogen-bond donors (Lipinski definition) is 4. The number of aliphatic hydroxyl groups is 1. The van der Waals surface area contributed by atoms with Crippen LogP contribution in [0, 0.1) is 0 Å². The number of hydrogen-bond acceptors (Lipinski definition) is 8. The van der Waals surface area contributed by atoms with Crippen molar-refractivity contribution in [2.24, 2.45) is 0 Å². The van der Waals surface area contributed by atoms with Crippen molar-refractivity contribution in [2.75, 3.05) is 24.8 Å². The van der Waals surface area contributed by atoms with Gasteiger partial charge in [-0.25, -0.2) is 4.98 Å². The van der Waals surface area contributed by atoms with E-state index in [1.165, 1.54) is 10.7 Å². The fourth-order valence-electron chi connectivity index (χ4n) is 4.31. The second-order valence-corrected chi connectivity index (χ2v) is 8.47. The van der Waals surface area contributed by atoms with Gasteiger partial charge in [0.05, 0.1) is 30.5 Å². The molecule has 11 heteroatoms. The quantitative estimate of drug-likeness (QED) is 0.420. The maximum absolute atomic E-state index is 13.1. The second kappa shape index (κ2) is 8.49. The molecule has 1 amide bonds. The maximum Gasteiger partial charge on any atom is 0.274 e. The summed E-state index contributed by atoms with van der Waals surface area (Å²) in [6, 6.07) is 4.98. The smallest absolute Gasteiger partial charge is 0.274 e. The van der Waals surface area contributed by atoms with Crippen molar-refractivity contribution in [1.29, 1.82) is 0 Å². The normalized spacial score (nSPS) is 24.1. The Morgan fingerprint density at radius 1 is 1.27 bits per heavy atom. The maximum atomic E-state index is 13.1. The molecule has 0 saturated heterocycles. The summed E-state index contributed by atoms with van der Waals surface area (Å²) in [5.74, 6) is 0.648. The number of ether oxygens (including phenoxy) is 1. The van der Waals surface area contributed by atoms with Crippen LogP contribution in [0.15, 0.2) is 35.4 Å². The molecule has 0 radical (unpaired) electrons. The Morgan fingerprint density at radius 3 is 2.76 bits per heavy atom. The van der Waals surface area contributed by atoms with Crippen LogP contribution in [0.2, 0.25) is 0 Å². The molecular formula is C22H27N7O4. The van der Waals surface area contributed by atoms with Crippen molar-refractivity contribution in [3.05, 3.63) is 46.5 Å². The van der Waals surface area contributed by atoms with E-state index in [1.54, 1.807) is 37.1 Å². The number of nitrogens with one attached hydrogen (secondary N) is 3. The van der Waals surface area contributed by atoms with Crippen LogP contribution in [0.1, 0.15) is 42.1 Å². The van der Waals surface area contributed by atoms with Gasteiger partial charge in [0.2, 0.25) is 0 Å². The van der Waals surface area contributed by atoms with Gasteiger partial charge < -0.3 is 30.4 Å². The fourth-order valence-corrected chi connectivity index (χ4v) is 4.31. The van der Waals surface area contributed by atoms with Crippen LogP contribution in [0.3, 0.4) is 0 Å². The molecule has 2 aliphatic rings. The van der Waals surface area contributed by atoms with Gasteiger partial charge >= 0.3 is 0 Å². The van der Waals surface area contributed by atoms with E-state index in [-0.39, 0.29) is 35.2 Å². The minimum absolute atomic E-state index is 0.0135. The number of amides is 1. The number of aromatic nitrogens is 4. The van der Waals surface area contributed by atoms with E-state index in [2.05, 4.69) is 26.0 Å². The first kappa shape index (κ1) is 21.4. The van der Waals surface area contributed by atoms with E-state index in [4.69, 9.17) is 4.74 Å². The third kappa shape index (κ3) is 3.72. The van der Waals surface area contributed by atoms with Gasteiger partial charge in [0.25, 0.3) is 11.5 Å². The molecule has 4 N–H and O–H groups in total. The van der Waals surface area contributed by atoms with Gasteiger partial charge in [0.1, 0.15) is 22.9 Å². The van der Waals surface area contributed by atoms with Crippen molar-refractivity contribution < 1.29 is 14.6 Å². The molecule has 4 atom stereocenters. The first-order chi connectivity index (χ1) is 16.0. The predicted octanol–water partition coefficient (Wildman–Crippen LogP) is 1.28. The summed E-state index contributed by atoms with van der Waals surface area (Å²) in [7, 11) is 3.40. The Balaban J connectivity index is 1.46. The summed E-state index contributed by atoms with van der Waals surface area (Å²) >= 11 is 0. The topological polar surface area (TPSA) is 135 Å². The van der Waals surface area contributed by atoms with Gasteiger partial charge in [-0.3, -0.25) is 9.59 Å². The minimum atomic E-state index is -0.525. The molecule has 3 aromatic rings. The summed E-state index contributed by atoms with van der Waals surface area (Å²) in [5.41, 5.74) is 0.839. The molecule has 33 heavy (non-hydrogen) atoms. The average molecular weight is 454 g/mol. The second-order valence-electron chi connectivity index (χ2n) is 8.47. The van der Waals surface area contributed by atoms with E-state index in [0.717, 1.165) is 19.3 Å². The largest absolute Gasteiger partial charge is 0.391 e. The molecule has 0 bridgehead atoms. The molecule has 174 valence electrons. The molecule has 3 aromatic heterocycles.